The molecule has 3 heterocycles. The Balaban J connectivity index is 1.51. The largest absolute Gasteiger partial charge is 0.466 e. The highest BCUT2D eigenvalue weighted by molar-refractivity contribution is 6.36. The van der Waals surface area contributed by atoms with Gasteiger partial charge in [0.25, 0.3) is 0 Å². The van der Waals surface area contributed by atoms with E-state index in [2.05, 4.69) is 64.2 Å². The standard InChI is InChI=1S/C37H39Cl2FN8O2/c1-22(8-7-9-23(2)36(49)50-6)33(32-21-48(46-45-32)27-12-14-47(15-13-27)37(3,4)5)44-26-16-28-34(43-25-10-11-31(40)29(38)17-25)24(19-41)20-42-35(28)30(39)18-26/h7-11,16-18,20-21,27,33,44H,1,12-15H2,2-6H3,(H,42,43)/b8-7-,23-9+/t33-/m0/s1. The van der Waals surface area contributed by atoms with Crippen LogP contribution in [0.25, 0.3) is 10.9 Å². The molecule has 0 radical (unpaired) electrons. The molecule has 50 heavy (non-hydrogen) atoms. The molecule has 13 heteroatoms. The molecule has 1 saturated heterocycles. The number of piperidine rings is 1. The van der Waals surface area contributed by atoms with Gasteiger partial charge in [-0.05, 0) is 76.4 Å². The van der Waals surface area contributed by atoms with E-state index in [1.807, 2.05) is 16.9 Å². The number of nitrogens with zero attached hydrogens (tertiary/aromatic N) is 6. The van der Waals surface area contributed by atoms with Crippen LogP contribution in [0.1, 0.15) is 63.9 Å². The first kappa shape index (κ1) is 36.5. The second-order valence-electron chi connectivity index (χ2n) is 13.1. The van der Waals surface area contributed by atoms with Gasteiger partial charge < -0.3 is 15.4 Å². The van der Waals surface area contributed by atoms with Gasteiger partial charge in [0.15, 0.2) is 0 Å². The number of pyridine rings is 1. The number of nitrogens with one attached hydrogen (secondary N) is 2. The number of rotatable bonds is 10. The van der Waals surface area contributed by atoms with E-state index < -0.39 is 17.8 Å². The number of aromatic nitrogens is 4. The number of hydrogen-bond acceptors (Lipinski definition) is 9. The van der Waals surface area contributed by atoms with Gasteiger partial charge in [0.1, 0.15) is 17.6 Å². The summed E-state index contributed by atoms with van der Waals surface area (Å²) in [5, 5.41) is 26.6. The maximum absolute atomic E-state index is 13.9. The van der Waals surface area contributed by atoms with Crippen molar-refractivity contribution in [2.45, 2.75) is 58.2 Å². The van der Waals surface area contributed by atoms with Gasteiger partial charge in [-0.1, -0.05) is 53.2 Å². The summed E-state index contributed by atoms with van der Waals surface area (Å²) in [6, 6.07) is 9.56. The Morgan fingerprint density at radius 3 is 2.56 bits per heavy atom. The maximum Gasteiger partial charge on any atom is 0.333 e. The lowest BCUT2D eigenvalue weighted by atomic mass is 9.98. The van der Waals surface area contributed by atoms with Gasteiger partial charge >= 0.3 is 5.97 Å². The van der Waals surface area contributed by atoms with Crippen LogP contribution in [-0.2, 0) is 9.53 Å². The number of carbonyl (C=O) groups excluding carboxylic acids is 1. The molecule has 2 N–H and O–H groups in total. The van der Waals surface area contributed by atoms with Crippen LogP contribution in [0.5, 0.6) is 0 Å². The zero-order valence-corrected chi connectivity index (χ0v) is 30.1. The highest BCUT2D eigenvalue weighted by Gasteiger charge is 2.29. The third-order valence-electron chi connectivity index (χ3n) is 8.69. The Hall–Kier alpha value is -4.76. The van der Waals surface area contributed by atoms with E-state index in [9.17, 15) is 14.4 Å². The molecule has 1 aliphatic heterocycles. The summed E-state index contributed by atoms with van der Waals surface area (Å²) >= 11 is 12.8. The minimum Gasteiger partial charge on any atom is -0.466 e. The van der Waals surface area contributed by atoms with Gasteiger partial charge in [-0.2, -0.15) is 5.26 Å². The quantitative estimate of drug-likeness (QED) is 0.0943. The number of halogens is 3. The van der Waals surface area contributed by atoms with Gasteiger partial charge in [-0.25, -0.2) is 13.9 Å². The summed E-state index contributed by atoms with van der Waals surface area (Å²) < 4.78 is 20.6. The first-order valence-corrected chi connectivity index (χ1v) is 16.8. The molecule has 5 rings (SSSR count). The number of likely N-dealkylation sites (tertiary alicyclic amines) is 1. The molecule has 0 aliphatic carbocycles. The van der Waals surface area contributed by atoms with Gasteiger partial charge in [0, 0.05) is 47.2 Å². The molecular weight excluding hydrogens is 678 g/mol. The monoisotopic (exact) mass is 716 g/mol. The minimum absolute atomic E-state index is 0.0638. The van der Waals surface area contributed by atoms with Crippen LogP contribution >= 0.6 is 23.2 Å². The smallest absolute Gasteiger partial charge is 0.333 e. The van der Waals surface area contributed by atoms with Crippen LogP contribution < -0.4 is 10.6 Å². The Labute approximate surface area is 301 Å². The molecule has 10 nitrogen and oxygen atoms in total. The van der Waals surface area contributed by atoms with E-state index >= 15 is 0 Å². The van der Waals surface area contributed by atoms with Crippen LogP contribution in [-0.4, -0.2) is 56.6 Å². The molecule has 4 aromatic rings. The van der Waals surface area contributed by atoms with Crippen LogP contribution in [0.15, 0.2) is 78.7 Å². The fourth-order valence-corrected chi connectivity index (χ4v) is 6.30. The third-order valence-corrected chi connectivity index (χ3v) is 9.27. The molecule has 0 amide bonds. The first-order chi connectivity index (χ1) is 23.8. The molecule has 0 spiro atoms. The van der Waals surface area contributed by atoms with Crippen molar-refractivity contribution in [2.75, 3.05) is 30.8 Å². The number of hydrogen-bond donors (Lipinski definition) is 2. The molecule has 2 aromatic heterocycles. The molecule has 0 saturated carbocycles. The second kappa shape index (κ2) is 15.4. The Morgan fingerprint density at radius 2 is 1.90 bits per heavy atom. The van der Waals surface area contributed by atoms with Gasteiger partial charge in [0.2, 0.25) is 0 Å². The van der Waals surface area contributed by atoms with Crippen molar-refractivity contribution in [1.29, 1.82) is 5.26 Å². The van der Waals surface area contributed by atoms with Crippen molar-refractivity contribution >= 4 is 57.1 Å². The van der Waals surface area contributed by atoms with E-state index in [0.29, 0.717) is 49.8 Å². The average molecular weight is 718 g/mol. The lowest BCUT2D eigenvalue weighted by Crippen LogP contribution is -2.46. The number of allylic oxidation sites excluding steroid dienone is 2. The molecule has 1 atom stereocenters. The van der Waals surface area contributed by atoms with Crippen LogP contribution in [0.2, 0.25) is 10.0 Å². The summed E-state index contributed by atoms with van der Waals surface area (Å²) in [5.41, 5.74) is 4.00. The Kier molecular flexibility index (Phi) is 11.3. The molecule has 1 fully saturated rings. The molecular formula is C37H39Cl2FN8O2. The number of ether oxygens (including phenoxy) is 1. The van der Waals surface area contributed by atoms with Crippen molar-refractivity contribution in [3.63, 3.8) is 0 Å². The average Bonchev–Trinajstić information content (AvgIpc) is 3.58. The van der Waals surface area contributed by atoms with Crippen molar-refractivity contribution < 1.29 is 13.9 Å². The van der Waals surface area contributed by atoms with Crippen molar-refractivity contribution in [2.24, 2.45) is 0 Å². The SMILES string of the molecule is C=C(/C=C\C=C(/C)C(=O)OC)[C@H](Nc1cc(Cl)c2ncc(C#N)c(Nc3ccc(F)c(Cl)c3)c2c1)c1cn(C2CCN(C(C)(C)C)CC2)nn1. The van der Waals surface area contributed by atoms with E-state index in [1.165, 1.54) is 31.5 Å². The number of anilines is 3. The lowest BCUT2D eigenvalue weighted by molar-refractivity contribution is -0.136. The predicted molar refractivity (Wildman–Crippen MR) is 196 cm³/mol. The number of nitriles is 1. The first-order valence-electron chi connectivity index (χ1n) is 16.1. The third kappa shape index (κ3) is 8.33. The van der Waals surface area contributed by atoms with Crippen LogP contribution in [0, 0.1) is 17.1 Å². The highest BCUT2D eigenvalue weighted by atomic mass is 35.5. The number of fused-ring (bicyclic) bond motifs is 1. The Morgan fingerprint density at radius 1 is 1.18 bits per heavy atom. The number of esters is 1. The fourth-order valence-electron chi connectivity index (χ4n) is 5.85. The number of carbonyl (C=O) groups is 1. The van der Waals surface area contributed by atoms with Gasteiger partial charge in [0.05, 0.1) is 52.2 Å². The van der Waals surface area contributed by atoms with Gasteiger partial charge in [-0.3, -0.25) is 9.88 Å². The zero-order valence-electron chi connectivity index (χ0n) is 28.6. The topological polar surface area (TPSA) is 121 Å². The summed E-state index contributed by atoms with van der Waals surface area (Å²) in [4.78, 5) is 18.8. The number of methoxy groups -OCH3 is 1. The summed E-state index contributed by atoms with van der Waals surface area (Å²) in [5.74, 6) is -0.991. The predicted octanol–water partition coefficient (Wildman–Crippen LogP) is 8.71. The van der Waals surface area contributed by atoms with E-state index in [-0.39, 0.29) is 22.2 Å². The minimum atomic E-state index is -0.561. The second-order valence-corrected chi connectivity index (χ2v) is 13.9. The molecule has 260 valence electrons. The van der Waals surface area contributed by atoms with Crippen molar-refractivity contribution in [3.8, 4) is 6.07 Å². The maximum atomic E-state index is 13.9. The normalized spacial score (nSPS) is 15.2. The van der Waals surface area contributed by atoms with Crippen molar-refractivity contribution in [3.05, 3.63) is 106 Å². The zero-order chi connectivity index (χ0) is 36.2. The van der Waals surface area contributed by atoms with Gasteiger partial charge in [-0.15, -0.1) is 5.10 Å². The summed E-state index contributed by atoms with van der Waals surface area (Å²) in [7, 11) is 1.33. The van der Waals surface area contributed by atoms with Crippen LogP contribution in [0.4, 0.5) is 21.5 Å². The molecule has 2 aromatic carbocycles. The lowest BCUT2D eigenvalue weighted by Gasteiger charge is -2.40. The Bertz CT molecular complexity index is 2020. The molecule has 0 bridgehead atoms. The van der Waals surface area contributed by atoms with E-state index in [1.54, 1.807) is 31.2 Å². The highest BCUT2D eigenvalue weighted by Crippen LogP contribution is 2.37. The van der Waals surface area contributed by atoms with Crippen molar-refractivity contribution in [1.82, 2.24) is 24.9 Å². The summed E-state index contributed by atoms with van der Waals surface area (Å²) in [6.07, 6.45) is 10.4. The fraction of sp³-hybridized carbons (Fsp3) is 0.324. The molecule has 0 unspecified atom stereocenters. The number of benzene rings is 2. The van der Waals surface area contributed by atoms with E-state index in [4.69, 9.17) is 27.9 Å². The van der Waals surface area contributed by atoms with Crippen LogP contribution in [0.3, 0.4) is 0 Å². The van der Waals surface area contributed by atoms with E-state index in [0.717, 1.165) is 25.9 Å². The summed E-state index contributed by atoms with van der Waals surface area (Å²) in [6.45, 7) is 14.6. The molecule has 1 aliphatic rings.